The van der Waals surface area contributed by atoms with E-state index in [2.05, 4.69) is 31.9 Å². The smallest absolute Gasteiger partial charge is 0.339 e. The molecule has 0 saturated carbocycles. The highest BCUT2D eigenvalue weighted by atomic mass is 79.9. The van der Waals surface area contributed by atoms with Crippen LogP contribution in [0.1, 0.15) is 24.8 Å². The molecule has 1 atom stereocenters. The number of Topliss-reactive ketones (excluding diaryl/α,β-unsaturated/α-hetero) is 1. The summed E-state index contributed by atoms with van der Waals surface area (Å²) in [5, 5.41) is 0. The van der Waals surface area contributed by atoms with E-state index in [9.17, 15) is 14.4 Å². The first kappa shape index (κ1) is 22.9. The van der Waals surface area contributed by atoms with Gasteiger partial charge in [-0.1, -0.05) is 34.1 Å². The van der Waals surface area contributed by atoms with E-state index in [0.29, 0.717) is 45.5 Å². The molecule has 1 aliphatic carbocycles. The average molecular weight is 587 g/mol. The third kappa shape index (κ3) is 2.89. The van der Waals surface area contributed by atoms with Gasteiger partial charge in [-0.15, -0.1) is 0 Å². The lowest BCUT2D eigenvalue weighted by molar-refractivity contribution is -0.138. The molecule has 1 spiro atoms. The molecule has 0 aromatic heterocycles. The largest absolute Gasteiger partial charge is 0.466 e. The molecule has 9 heteroatoms. The second-order valence-electron chi connectivity index (χ2n) is 8.41. The minimum Gasteiger partial charge on any atom is -0.466 e. The number of rotatable bonds is 2. The third-order valence-electron chi connectivity index (χ3n) is 6.74. The molecule has 2 aromatic rings. The van der Waals surface area contributed by atoms with E-state index in [0.717, 1.165) is 4.47 Å². The predicted molar refractivity (Wildman–Crippen MR) is 135 cm³/mol. The number of halogens is 2. The normalized spacial score (nSPS) is 21.9. The van der Waals surface area contributed by atoms with Crippen LogP contribution in [0.2, 0.25) is 0 Å². The molecule has 0 fully saturated rings. The highest BCUT2D eigenvalue weighted by Gasteiger charge is 2.63. The first-order valence-corrected chi connectivity index (χ1v) is 12.3. The van der Waals surface area contributed by atoms with Crippen LogP contribution < -0.4 is 15.5 Å². The number of esters is 1. The highest BCUT2D eigenvalue weighted by Crippen LogP contribution is 2.57. The van der Waals surface area contributed by atoms with Gasteiger partial charge < -0.3 is 15.4 Å². The van der Waals surface area contributed by atoms with Crippen LogP contribution in [0.4, 0.5) is 11.4 Å². The van der Waals surface area contributed by atoms with Crippen molar-refractivity contribution in [2.45, 2.75) is 24.7 Å². The Bertz CT molecular complexity index is 1350. The quantitative estimate of drug-likeness (QED) is 0.528. The Morgan fingerprint density at radius 2 is 1.82 bits per heavy atom. The standard InChI is InChI=1S/C25H21Br2N3O4/c1-29-16-7-4-3-6-14(16)25(24(29)33)20-18(8-5-9-19(20)31)30(22(28)21(25)23(32)34-2)17-11-10-13(26)12-15(17)27/h3-4,6-7,10-12H,5,8-9,28H2,1-2H3. The number of anilines is 2. The summed E-state index contributed by atoms with van der Waals surface area (Å²) in [6.45, 7) is 0. The van der Waals surface area contributed by atoms with E-state index in [-0.39, 0.29) is 23.6 Å². The highest BCUT2D eigenvalue weighted by molar-refractivity contribution is 9.11. The number of para-hydroxylation sites is 1. The lowest BCUT2D eigenvalue weighted by Gasteiger charge is -2.44. The summed E-state index contributed by atoms with van der Waals surface area (Å²) in [6.07, 6.45) is 1.42. The number of likely N-dealkylation sites (N-methyl/N-ethyl adjacent to an activating group) is 1. The monoisotopic (exact) mass is 585 g/mol. The van der Waals surface area contributed by atoms with Crippen molar-refractivity contribution in [3.63, 3.8) is 0 Å². The Labute approximate surface area is 213 Å². The molecule has 2 heterocycles. The zero-order valence-corrected chi connectivity index (χ0v) is 21.7. The van der Waals surface area contributed by atoms with Gasteiger partial charge in [-0.2, -0.15) is 0 Å². The first-order valence-electron chi connectivity index (χ1n) is 10.7. The second-order valence-corrected chi connectivity index (χ2v) is 10.2. The van der Waals surface area contributed by atoms with Gasteiger partial charge in [0.1, 0.15) is 16.8 Å². The van der Waals surface area contributed by atoms with Crippen LogP contribution in [0.25, 0.3) is 0 Å². The molecule has 3 aliphatic rings. The van der Waals surface area contributed by atoms with Crippen LogP contribution in [0.5, 0.6) is 0 Å². The number of amides is 1. The van der Waals surface area contributed by atoms with Crippen LogP contribution in [-0.2, 0) is 24.5 Å². The molecular formula is C25H21Br2N3O4. The molecule has 2 N–H and O–H groups in total. The number of ketones is 1. The van der Waals surface area contributed by atoms with Gasteiger partial charge in [0.25, 0.3) is 0 Å². The third-order valence-corrected chi connectivity index (χ3v) is 7.87. The van der Waals surface area contributed by atoms with E-state index in [1.807, 2.05) is 24.3 Å². The SMILES string of the molecule is COC(=O)C1=C(N)N(c2ccc(Br)cc2Br)C2=C(C(=O)CCC2)C12C(=O)N(C)c1ccccc12. The first-order chi connectivity index (χ1) is 16.2. The van der Waals surface area contributed by atoms with Gasteiger partial charge in [0.2, 0.25) is 5.91 Å². The van der Waals surface area contributed by atoms with Crippen LogP contribution in [0.15, 0.2) is 74.1 Å². The van der Waals surface area contributed by atoms with E-state index in [1.165, 1.54) is 12.0 Å². The molecule has 2 aliphatic heterocycles. The molecule has 0 bridgehead atoms. The van der Waals surface area contributed by atoms with E-state index in [1.54, 1.807) is 30.1 Å². The Hall–Kier alpha value is -2.91. The van der Waals surface area contributed by atoms with Gasteiger partial charge in [-0.05, 0) is 53.0 Å². The maximum atomic E-state index is 14.1. The summed E-state index contributed by atoms with van der Waals surface area (Å²) in [6, 6.07) is 12.8. The summed E-state index contributed by atoms with van der Waals surface area (Å²) in [5.74, 6) is -1.25. The lowest BCUT2D eigenvalue weighted by atomic mass is 9.63. The Morgan fingerprint density at radius 3 is 2.53 bits per heavy atom. The fourth-order valence-corrected chi connectivity index (χ4v) is 6.62. The van der Waals surface area contributed by atoms with Gasteiger partial charge in [-0.3, -0.25) is 14.5 Å². The summed E-state index contributed by atoms with van der Waals surface area (Å²) in [5.41, 5.74) is 7.84. The Kier molecular flexibility index (Phi) is 5.44. The van der Waals surface area contributed by atoms with Crippen LogP contribution in [-0.4, -0.2) is 31.8 Å². The zero-order valence-electron chi connectivity index (χ0n) is 18.5. The molecule has 34 heavy (non-hydrogen) atoms. The maximum Gasteiger partial charge on any atom is 0.339 e. The molecule has 0 radical (unpaired) electrons. The van der Waals surface area contributed by atoms with Crippen LogP contribution >= 0.6 is 31.9 Å². The van der Waals surface area contributed by atoms with Crippen LogP contribution in [0, 0.1) is 0 Å². The molecule has 174 valence electrons. The average Bonchev–Trinajstić information content (AvgIpc) is 3.03. The van der Waals surface area contributed by atoms with Crippen molar-refractivity contribution in [3.05, 3.63) is 79.6 Å². The number of nitrogens with two attached hydrogens (primary N) is 1. The Balaban J connectivity index is 1.93. The van der Waals surface area contributed by atoms with E-state index in [4.69, 9.17) is 10.5 Å². The zero-order chi connectivity index (χ0) is 24.4. The van der Waals surface area contributed by atoms with Gasteiger partial charge in [-0.25, -0.2) is 4.79 Å². The molecule has 7 nitrogen and oxygen atoms in total. The van der Waals surface area contributed by atoms with E-state index >= 15 is 0 Å². The van der Waals surface area contributed by atoms with Gasteiger partial charge in [0.15, 0.2) is 5.78 Å². The van der Waals surface area contributed by atoms with E-state index < -0.39 is 17.3 Å². The summed E-state index contributed by atoms with van der Waals surface area (Å²) >= 11 is 7.05. The lowest BCUT2D eigenvalue weighted by Crippen LogP contribution is -2.54. The predicted octanol–water partition coefficient (Wildman–Crippen LogP) is 4.30. The number of fused-ring (bicyclic) bond motifs is 3. The van der Waals surface area contributed by atoms with Gasteiger partial charge >= 0.3 is 5.97 Å². The summed E-state index contributed by atoms with van der Waals surface area (Å²) in [7, 11) is 2.89. The summed E-state index contributed by atoms with van der Waals surface area (Å²) in [4.78, 5) is 44.3. The second kappa shape index (κ2) is 8.09. The summed E-state index contributed by atoms with van der Waals surface area (Å²) < 4.78 is 6.73. The number of hydrogen-bond acceptors (Lipinski definition) is 6. The topological polar surface area (TPSA) is 92.9 Å². The number of allylic oxidation sites excluding steroid dienone is 1. The number of carbonyl (C=O) groups excluding carboxylic acids is 3. The Morgan fingerprint density at radius 1 is 1.09 bits per heavy atom. The van der Waals surface area contributed by atoms with Crippen molar-refractivity contribution in [1.29, 1.82) is 0 Å². The van der Waals surface area contributed by atoms with Gasteiger partial charge in [0, 0.05) is 44.9 Å². The van der Waals surface area contributed by atoms with Crippen molar-refractivity contribution in [3.8, 4) is 0 Å². The van der Waals surface area contributed by atoms with Crippen molar-refractivity contribution < 1.29 is 19.1 Å². The number of benzene rings is 2. The molecule has 5 rings (SSSR count). The number of methoxy groups -OCH3 is 1. The molecule has 2 aromatic carbocycles. The number of hydrogen-bond donors (Lipinski definition) is 1. The maximum absolute atomic E-state index is 14.1. The minimum atomic E-state index is -1.66. The van der Waals surface area contributed by atoms with Crippen LogP contribution in [0.3, 0.4) is 0 Å². The number of nitrogens with zero attached hydrogens (tertiary/aromatic N) is 2. The molecule has 1 unspecified atom stereocenters. The molecular weight excluding hydrogens is 566 g/mol. The van der Waals surface area contributed by atoms with Gasteiger partial charge in [0.05, 0.1) is 12.8 Å². The number of carbonyl (C=O) groups is 3. The van der Waals surface area contributed by atoms with Crippen molar-refractivity contribution in [1.82, 2.24) is 0 Å². The van der Waals surface area contributed by atoms with Crippen molar-refractivity contribution in [2.75, 3.05) is 24.0 Å². The van der Waals surface area contributed by atoms with Crippen molar-refractivity contribution in [2.24, 2.45) is 5.73 Å². The number of ether oxygens (including phenoxy) is 1. The molecule has 0 saturated heterocycles. The molecule has 1 amide bonds. The van der Waals surface area contributed by atoms with Crippen molar-refractivity contribution >= 4 is 60.9 Å². The fraction of sp³-hybridized carbons (Fsp3) is 0.240. The minimum absolute atomic E-state index is 0.0411. The fourth-order valence-electron chi connectivity index (χ4n) is 5.39.